The highest BCUT2D eigenvalue weighted by molar-refractivity contribution is 7.89. The number of nitro groups is 1. The minimum atomic E-state index is -3.55. The van der Waals surface area contributed by atoms with Crippen molar-refractivity contribution in [3.8, 4) is 0 Å². The van der Waals surface area contributed by atoms with E-state index in [0.717, 1.165) is 5.56 Å². The highest BCUT2D eigenvalue weighted by atomic mass is 32.2. The molecular formula is C18H19N5O5S. The van der Waals surface area contributed by atoms with Crippen LogP contribution >= 0.6 is 0 Å². The summed E-state index contributed by atoms with van der Waals surface area (Å²) in [7, 11) is -3.55. The number of nitrogens with zero attached hydrogens (tertiary/aromatic N) is 4. The van der Waals surface area contributed by atoms with Crippen LogP contribution in [0.2, 0.25) is 0 Å². The SMILES string of the molecule is O=[N+]([O-])c1c(NCc2ccc(S(=O)(=O)N3CCOCC3)cc2)nc2ccccn12. The van der Waals surface area contributed by atoms with Gasteiger partial charge in [-0.1, -0.05) is 18.2 Å². The van der Waals surface area contributed by atoms with E-state index in [1.165, 1.54) is 8.71 Å². The van der Waals surface area contributed by atoms with Crippen molar-refractivity contribution in [3.63, 3.8) is 0 Å². The normalized spacial score (nSPS) is 15.4. The van der Waals surface area contributed by atoms with E-state index in [-0.39, 0.29) is 23.1 Å². The fourth-order valence-electron chi connectivity index (χ4n) is 3.18. The molecule has 0 atom stereocenters. The zero-order chi connectivity index (χ0) is 20.4. The zero-order valence-electron chi connectivity index (χ0n) is 15.4. The molecule has 3 heterocycles. The lowest BCUT2D eigenvalue weighted by Crippen LogP contribution is -2.40. The van der Waals surface area contributed by atoms with Crippen molar-refractivity contribution in [1.29, 1.82) is 0 Å². The molecule has 1 saturated heterocycles. The summed E-state index contributed by atoms with van der Waals surface area (Å²) in [5, 5.41) is 14.4. The molecule has 1 fully saturated rings. The minimum Gasteiger partial charge on any atom is -0.379 e. The first-order valence-corrected chi connectivity index (χ1v) is 10.4. The molecule has 11 heteroatoms. The molecule has 0 amide bonds. The second kappa shape index (κ2) is 7.78. The van der Waals surface area contributed by atoms with Gasteiger partial charge < -0.3 is 20.2 Å². The highest BCUT2D eigenvalue weighted by Crippen LogP contribution is 2.26. The predicted molar refractivity (Wildman–Crippen MR) is 105 cm³/mol. The van der Waals surface area contributed by atoms with Crippen LogP contribution in [0.1, 0.15) is 5.56 Å². The Bertz CT molecular complexity index is 1140. The Morgan fingerprint density at radius 1 is 1.14 bits per heavy atom. The lowest BCUT2D eigenvalue weighted by atomic mass is 10.2. The first-order chi connectivity index (χ1) is 14.0. The summed E-state index contributed by atoms with van der Waals surface area (Å²) in [6.45, 7) is 1.72. The van der Waals surface area contributed by atoms with Gasteiger partial charge in [0.15, 0.2) is 0 Å². The number of ether oxygens (including phenoxy) is 1. The quantitative estimate of drug-likeness (QED) is 0.480. The van der Waals surface area contributed by atoms with E-state index >= 15 is 0 Å². The topological polar surface area (TPSA) is 119 Å². The summed E-state index contributed by atoms with van der Waals surface area (Å²) >= 11 is 0. The van der Waals surface area contributed by atoms with Gasteiger partial charge >= 0.3 is 5.82 Å². The molecule has 0 unspecified atom stereocenters. The smallest absolute Gasteiger partial charge is 0.372 e. The fourth-order valence-corrected chi connectivity index (χ4v) is 4.58. The van der Waals surface area contributed by atoms with Crippen LogP contribution in [0.3, 0.4) is 0 Å². The molecule has 1 aliphatic heterocycles. The van der Waals surface area contributed by atoms with Crippen molar-refractivity contribution in [2.24, 2.45) is 0 Å². The molecule has 0 aliphatic carbocycles. The van der Waals surface area contributed by atoms with Crippen LogP contribution in [-0.4, -0.2) is 53.3 Å². The maximum atomic E-state index is 12.7. The van der Waals surface area contributed by atoms with Crippen LogP contribution in [0.25, 0.3) is 5.65 Å². The summed E-state index contributed by atoms with van der Waals surface area (Å²) in [6.07, 6.45) is 1.58. The lowest BCUT2D eigenvalue weighted by molar-refractivity contribution is -0.389. The van der Waals surface area contributed by atoms with Crippen LogP contribution in [-0.2, 0) is 21.3 Å². The summed E-state index contributed by atoms with van der Waals surface area (Å²) < 4.78 is 33.3. The number of imidazole rings is 1. The average Bonchev–Trinajstić information content (AvgIpc) is 3.12. The second-order valence-corrected chi connectivity index (χ2v) is 8.42. The van der Waals surface area contributed by atoms with Gasteiger partial charge in [0.25, 0.3) is 0 Å². The number of morpholine rings is 1. The molecule has 3 aromatic rings. The summed E-state index contributed by atoms with van der Waals surface area (Å²) in [5.74, 6) is 0.0123. The third-order valence-corrected chi connectivity index (χ3v) is 6.58. The lowest BCUT2D eigenvalue weighted by Gasteiger charge is -2.26. The zero-order valence-corrected chi connectivity index (χ0v) is 16.2. The molecule has 0 radical (unpaired) electrons. The van der Waals surface area contributed by atoms with Crippen molar-refractivity contribution in [2.45, 2.75) is 11.4 Å². The highest BCUT2D eigenvalue weighted by Gasteiger charge is 2.26. The molecule has 1 aromatic carbocycles. The third kappa shape index (κ3) is 3.79. The predicted octanol–water partition coefficient (Wildman–Crippen LogP) is 1.88. The molecule has 1 N–H and O–H groups in total. The van der Waals surface area contributed by atoms with Crippen LogP contribution in [0, 0.1) is 10.1 Å². The Morgan fingerprint density at radius 2 is 1.86 bits per heavy atom. The Morgan fingerprint density at radius 3 is 2.55 bits per heavy atom. The Hall–Kier alpha value is -3.02. The van der Waals surface area contributed by atoms with Gasteiger partial charge in [-0.05, 0) is 28.7 Å². The van der Waals surface area contributed by atoms with Gasteiger partial charge in [-0.2, -0.15) is 13.7 Å². The van der Waals surface area contributed by atoms with Crippen LogP contribution in [0.4, 0.5) is 11.6 Å². The molecule has 0 saturated carbocycles. The third-order valence-electron chi connectivity index (χ3n) is 4.67. The largest absolute Gasteiger partial charge is 0.379 e. The standard InChI is InChI=1S/C18H19N5O5S/c24-23(25)18-17(20-16-3-1-2-8-22(16)18)19-13-14-4-6-15(7-5-14)29(26,27)21-9-11-28-12-10-21/h1-8,19H,9-13H2. The van der Waals surface area contributed by atoms with E-state index in [1.807, 2.05) is 0 Å². The van der Waals surface area contributed by atoms with Crippen LogP contribution in [0.15, 0.2) is 53.6 Å². The van der Waals surface area contributed by atoms with E-state index in [2.05, 4.69) is 10.3 Å². The second-order valence-electron chi connectivity index (χ2n) is 6.48. The van der Waals surface area contributed by atoms with Crippen LogP contribution < -0.4 is 5.32 Å². The minimum absolute atomic E-state index is 0.146. The Balaban J connectivity index is 1.51. The first kappa shape index (κ1) is 19.3. The molecule has 1 aliphatic rings. The molecular weight excluding hydrogens is 398 g/mol. The number of pyridine rings is 1. The molecule has 152 valence electrons. The van der Waals surface area contributed by atoms with Gasteiger partial charge in [0.2, 0.25) is 21.5 Å². The number of fused-ring (bicyclic) bond motifs is 1. The number of anilines is 1. The number of rotatable bonds is 6. The summed E-state index contributed by atoms with van der Waals surface area (Å²) in [6, 6.07) is 11.6. The maximum Gasteiger partial charge on any atom is 0.372 e. The number of nitrogens with one attached hydrogen (secondary N) is 1. The number of hydrogen-bond acceptors (Lipinski definition) is 7. The van der Waals surface area contributed by atoms with Gasteiger partial charge in [0.1, 0.15) is 0 Å². The first-order valence-electron chi connectivity index (χ1n) is 8.99. The Kier molecular flexibility index (Phi) is 5.18. The van der Waals surface area contributed by atoms with Crippen molar-refractivity contribution in [2.75, 3.05) is 31.6 Å². The van der Waals surface area contributed by atoms with Gasteiger partial charge in [0, 0.05) is 25.7 Å². The average molecular weight is 417 g/mol. The number of hydrogen-bond donors (Lipinski definition) is 1. The summed E-state index contributed by atoms with van der Waals surface area (Å²) in [5.41, 5.74) is 1.24. The van der Waals surface area contributed by atoms with E-state index in [1.54, 1.807) is 48.7 Å². The van der Waals surface area contributed by atoms with E-state index in [9.17, 15) is 18.5 Å². The number of sulfonamides is 1. The van der Waals surface area contributed by atoms with Gasteiger partial charge in [-0.15, -0.1) is 0 Å². The molecule has 0 bridgehead atoms. The Labute approximate surface area is 166 Å². The monoisotopic (exact) mass is 417 g/mol. The van der Waals surface area contributed by atoms with E-state index in [4.69, 9.17) is 4.74 Å². The van der Waals surface area contributed by atoms with Gasteiger partial charge in [-0.25, -0.2) is 8.42 Å². The fraction of sp³-hybridized carbons (Fsp3) is 0.278. The van der Waals surface area contributed by atoms with Crippen LogP contribution in [0.5, 0.6) is 0 Å². The maximum absolute atomic E-state index is 12.7. The van der Waals surface area contributed by atoms with Crippen molar-refractivity contribution in [3.05, 3.63) is 64.3 Å². The van der Waals surface area contributed by atoms with Crippen molar-refractivity contribution in [1.82, 2.24) is 13.7 Å². The van der Waals surface area contributed by atoms with Gasteiger partial charge in [0.05, 0.1) is 24.3 Å². The van der Waals surface area contributed by atoms with E-state index in [0.29, 0.717) is 32.0 Å². The molecule has 29 heavy (non-hydrogen) atoms. The van der Waals surface area contributed by atoms with Gasteiger partial charge in [-0.3, -0.25) is 0 Å². The molecule has 0 spiro atoms. The number of benzene rings is 1. The number of aromatic nitrogens is 2. The van der Waals surface area contributed by atoms with Crippen molar-refractivity contribution >= 4 is 27.3 Å². The molecule has 10 nitrogen and oxygen atoms in total. The summed E-state index contributed by atoms with van der Waals surface area (Å²) in [4.78, 5) is 15.4. The molecule has 4 rings (SSSR count). The molecule has 2 aromatic heterocycles. The van der Waals surface area contributed by atoms with E-state index < -0.39 is 14.9 Å². The van der Waals surface area contributed by atoms with Crippen molar-refractivity contribution < 1.29 is 18.1 Å².